The summed E-state index contributed by atoms with van der Waals surface area (Å²) in [6.07, 6.45) is 5.94. The number of hydrogen-bond donors (Lipinski definition) is 1. The largest absolute Gasteiger partial charge is 0.492 e. The van der Waals surface area contributed by atoms with Crippen LogP contribution in [-0.4, -0.2) is 42.1 Å². The minimum Gasteiger partial charge on any atom is -0.492 e. The van der Waals surface area contributed by atoms with Crippen molar-refractivity contribution in [1.82, 2.24) is 10.2 Å². The lowest BCUT2D eigenvalue weighted by atomic mass is 9.77. The van der Waals surface area contributed by atoms with Crippen LogP contribution in [0.25, 0.3) is 10.1 Å². The van der Waals surface area contributed by atoms with E-state index in [4.69, 9.17) is 4.74 Å². The Bertz CT molecular complexity index is 834. The molecule has 2 aromatic rings. The van der Waals surface area contributed by atoms with Crippen LogP contribution >= 0.6 is 11.3 Å². The zero-order valence-electron chi connectivity index (χ0n) is 15.3. The number of carbonyl (C=O) groups is 1. The molecule has 4 aliphatic rings. The van der Waals surface area contributed by atoms with E-state index >= 15 is 0 Å². The number of nitrogens with one attached hydrogen (secondary N) is 1. The van der Waals surface area contributed by atoms with Crippen LogP contribution in [0.15, 0.2) is 24.3 Å². The molecule has 1 spiro atoms. The summed E-state index contributed by atoms with van der Waals surface area (Å²) in [4.78, 5) is 16.5. The average Bonchev–Trinajstić information content (AvgIpc) is 3.31. The summed E-state index contributed by atoms with van der Waals surface area (Å²) in [6, 6.07) is 8.43. The summed E-state index contributed by atoms with van der Waals surface area (Å²) < 4.78 is 6.95. The van der Waals surface area contributed by atoms with Gasteiger partial charge in [0.05, 0.1) is 22.2 Å². The molecule has 138 valence electrons. The van der Waals surface area contributed by atoms with E-state index in [1.54, 1.807) is 11.3 Å². The van der Waals surface area contributed by atoms with E-state index in [1.807, 2.05) is 18.2 Å². The Morgan fingerprint density at radius 1 is 1.35 bits per heavy atom. The normalized spacial score (nSPS) is 28.4. The summed E-state index contributed by atoms with van der Waals surface area (Å²) in [7, 11) is 0. The predicted octanol–water partition coefficient (Wildman–Crippen LogP) is 4.05. The molecule has 1 N–H and O–H groups in total. The minimum absolute atomic E-state index is 0.0951. The monoisotopic (exact) mass is 370 g/mol. The molecule has 1 saturated carbocycles. The van der Waals surface area contributed by atoms with Crippen LogP contribution in [0, 0.1) is 5.92 Å². The summed E-state index contributed by atoms with van der Waals surface area (Å²) in [5, 5.41) is 4.53. The number of benzene rings is 1. The van der Waals surface area contributed by atoms with Crippen molar-refractivity contribution in [3.63, 3.8) is 0 Å². The van der Waals surface area contributed by atoms with Crippen LogP contribution in [0.1, 0.15) is 48.7 Å². The Morgan fingerprint density at radius 2 is 2.15 bits per heavy atom. The smallest absolute Gasteiger partial charge is 0.261 e. The number of thiophene rings is 1. The van der Waals surface area contributed by atoms with E-state index in [9.17, 15) is 4.79 Å². The molecule has 0 unspecified atom stereocenters. The van der Waals surface area contributed by atoms with E-state index < -0.39 is 0 Å². The van der Waals surface area contributed by atoms with E-state index in [2.05, 4.69) is 23.2 Å². The van der Waals surface area contributed by atoms with Gasteiger partial charge in [0.2, 0.25) is 0 Å². The molecular weight excluding hydrogens is 344 g/mol. The van der Waals surface area contributed by atoms with E-state index in [0.717, 1.165) is 27.1 Å². The SMILES string of the molecule is CCCOc1cccc2cc(C(=O)N[C@H]3C4CCN(CC4)C34CC4)sc12. The molecular formula is C21H26N2O2S. The third-order valence-electron chi connectivity index (χ3n) is 6.46. The second-order valence-electron chi connectivity index (χ2n) is 8.01. The Kier molecular flexibility index (Phi) is 3.98. The summed E-state index contributed by atoms with van der Waals surface area (Å²) in [5.74, 6) is 1.65. The molecule has 4 heterocycles. The van der Waals surface area contributed by atoms with Crippen molar-refractivity contribution >= 4 is 27.3 Å². The van der Waals surface area contributed by atoms with Gasteiger partial charge in [0.15, 0.2) is 0 Å². The van der Waals surface area contributed by atoms with E-state index in [0.29, 0.717) is 18.6 Å². The van der Waals surface area contributed by atoms with Crippen molar-refractivity contribution in [2.75, 3.05) is 19.7 Å². The van der Waals surface area contributed by atoms with E-state index in [-0.39, 0.29) is 11.4 Å². The standard InChI is InChI=1S/C21H26N2O2S/c1-2-12-25-16-5-3-4-15-13-17(26-18(15)16)20(24)22-19-14-6-10-23(11-7-14)21(19)8-9-21/h3-5,13-14,19H,2,6-12H2,1H3,(H,22,24)/t19-/m0/s1. The van der Waals surface area contributed by atoms with Crippen LogP contribution in [0.3, 0.4) is 0 Å². The maximum Gasteiger partial charge on any atom is 0.261 e. The fourth-order valence-corrected chi connectivity index (χ4v) is 6.04. The Hall–Kier alpha value is -1.59. The third kappa shape index (κ3) is 2.55. The fourth-order valence-electron chi connectivity index (χ4n) is 5.01. The lowest BCUT2D eigenvalue weighted by Gasteiger charge is -2.52. The Morgan fingerprint density at radius 3 is 2.88 bits per heavy atom. The van der Waals surface area contributed by atoms with Gasteiger partial charge in [-0.1, -0.05) is 19.1 Å². The van der Waals surface area contributed by atoms with Gasteiger partial charge in [0.1, 0.15) is 5.75 Å². The maximum atomic E-state index is 13.0. The second-order valence-corrected chi connectivity index (χ2v) is 9.06. The van der Waals surface area contributed by atoms with Gasteiger partial charge in [0, 0.05) is 5.54 Å². The lowest BCUT2D eigenvalue weighted by Crippen LogP contribution is -2.65. The van der Waals surface area contributed by atoms with E-state index in [1.165, 1.54) is 38.8 Å². The average molecular weight is 371 g/mol. The molecule has 5 heteroatoms. The molecule has 1 aromatic carbocycles. The highest BCUT2D eigenvalue weighted by atomic mass is 32.1. The van der Waals surface area contributed by atoms with Gasteiger partial charge in [0.25, 0.3) is 5.91 Å². The van der Waals surface area contributed by atoms with Gasteiger partial charge < -0.3 is 10.1 Å². The van der Waals surface area contributed by atoms with Crippen LogP contribution in [0.4, 0.5) is 0 Å². The molecule has 4 nitrogen and oxygen atoms in total. The summed E-state index contributed by atoms with van der Waals surface area (Å²) in [6.45, 7) is 5.26. The fraction of sp³-hybridized carbons (Fsp3) is 0.571. The van der Waals surface area contributed by atoms with Crippen molar-refractivity contribution in [2.45, 2.75) is 50.6 Å². The lowest BCUT2D eigenvalue weighted by molar-refractivity contribution is -0.00138. The number of carbonyl (C=O) groups excluding carboxylic acids is 1. The first-order chi connectivity index (χ1) is 12.7. The molecule has 2 bridgehead atoms. The number of nitrogens with zero attached hydrogens (tertiary/aromatic N) is 1. The molecule has 1 aliphatic carbocycles. The van der Waals surface area contributed by atoms with Gasteiger partial charge in [-0.25, -0.2) is 0 Å². The highest BCUT2D eigenvalue weighted by Gasteiger charge is 2.60. The zero-order chi connectivity index (χ0) is 17.7. The number of rotatable bonds is 5. The van der Waals surface area contributed by atoms with Crippen LogP contribution in [-0.2, 0) is 0 Å². The number of amides is 1. The number of fused-ring (bicyclic) bond motifs is 3. The van der Waals surface area contributed by atoms with Crippen molar-refractivity contribution in [3.05, 3.63) is 29.1 Å². The van der Waals surface area contributed by atoms with Crippen molar-refractivity contribution in [1.29, 1.82) is 0 Å². The van der Waals surface area contributed by atoms with Gasteiger partial charge in [-0.15, -0.1) is 11.3 Å². The van der Waals surface area contributed by atoms with Gasteiger partial charge in [-0.2, -0.15) is 0 Å². The summed E-state index contributed by atoms with van der Waals surface area (Å²) in [5.41, 5.74) is 0.281. The first kappa shape index (κ1) is 16.6. The van der Waals surface area contributed by atoms with Crippen LogP contribution in [0.2, 0.25) is 0 Å². The molecule has 1 atom stereocenters. The third-order valence-corrected chi connectivity index (χ3v) is 7.63. The predicted molar refractivity (Wildman–Crippen MR) is 105 cm³/mol. The maximum absolute atomic E-state index is 13.0. The van der Waals surface area contributed by atoms with Crippen molar-refractivity contribution < 1.29 is 9.53 Å². The van der Waals surface area contributed by atoms with Crippen molar-refractivity contribution in [2.24, 2.45) is 5.92 Å². The summed E-state index contributed by atoms with van der Waals surface area (Å²) >= 11 is 1.56. The Labute approximate surface area is 158 Å². The number of piperidine rings is 3. The first-order valence-electron chi connectivity index (χ1n) is 9.92. The molecule has 1 amide bonds. The molecule has 0 radical (unpaired) electrons. The number of ether oxygens (including phenoxy) is 1. The van der Waals surface area contributed by atoms with Gasteiger partial charge >= 0.3 is 0 Å². The molecule has 4 fully saturated rings. The van der Waals surface area contributed by atoms with Crippen LogP contribution < -0.4 is 10.1 Å². The molecule has 1 aromatic heterocycles. The molecule has 3 saturated heterocycles. The first-order valence-corrected chi connectivity index (χ1v) is 10.7. The Balaban J connectivity index is 1.39. The van der Waals surface area contributed by atoms with Crippen LogP contribution in [0.5, 0.6) is 5.75 Å². The quantitative estimate of drug-likeness (QED) is 0.863. The van der Waals surface area contributed by atoms with Gasteiger partial charge in [-0.05, 0) is 68.6 Å². The van der Waals surface area contributed by atoms with Gasteiger partial charge in [-0.3, -0.25) is 9.69 Å². The molecule has 3 aliphatic heterocycles. The minimum atomic E-state index is 0.0951. The number of hydrogen-bond acceptors (Lipinski definition) is 4. The topological polar surface area (TPSA) is 41.6 Å². The zero-order valence-corrected chi connectivity index (χ0v) is 16.1. The van der Waals surface area contributed by atoms with Crippen molar-refractivity contribution in [3.8, 4) is 5.75 Å². The second kappa shape index (κ2) is 6.24. The highest BCUT2D eigenvalue weighted by molar-refractivity contribution is 7.21. The molecule has 6 rings (SSSR count). The molecule has 26 heavy (non-hydrogen) atoms. The highest BCUT2D eigenvalue weighted by Crippen LogP contribution is 2.53.